The van der Waals surface area contributed by atoms with Crippen LogP contribution in [0.25, 0.3) is 0 Å². The van der Waals surface area contributed by atoms with Crippen LogP contribution in [0.4, 0.5) is 10.3 Å². The summed E-state index contributed by atoms with van der Waals surface area (Å²) in [7, 11) is 0. The van der Waals surface area contributed by atoms with Gasteiger partial charge in [-0.25, -0.2) is 13.9 Å². The van der Waals surface area contributed by atoms with Gasteiger partial charge in [-0.15, -0.1) is 0 Å². The minimum Gasteiger partial charge on any atom is -0.459 e. The van der Waals surface area contributed by atoms with E-state index in [0.717, 1.165) is 5.56 Å². The molecule has 1 aliphatic heterocycles. The van der Waals surface area contributed by atoms with Gasteiger partial charge in [0.05, 0.1) is 11.7 Å². The molecule has 7 heteroatoms. The van der Waals surface area contributed by atoms with E-state index in [2.05, 4.69) is 15.4 Å². The van der Waals surface area contributed by atoms with Crippen molar-refractivity contribution in [3.05, 3.63) is 53.2 Å². The lowest BCUT2D eigenvalue weighted by Crippen LogP contribution is -2.30. The zero-order chi connectivity index (χ0) is 16.6. The van der Waals surface area contributed by atoms with Crippen LogP contribution in [-0.2, 0) is 9.53 Å². The molecule has 2 aromatic rings. The molecule has 0 fully saturated rings. The first-order valence-corrected chi connectivity index (χ1v) is 7.31. The fourth-order valence-corrected chi connectivity index (χ4v) is 2.59. The molecule has 1 aromatic carbocycles. The number of fused-ring (bicyclic) bond motifs is 1. The molecule has 0 radical (unpaired) electrons. The van der Waals surface area contributed by atoms with Crippen LogP contribution in [0.15, 0.2) is 41.9 Å². The van der Waals surface area contributed by atoms with Gasteiger partial charge >= 0.3 is 5.97 Å². The molecule has 0 spiro atoms. The third kappa shape index (κ3) is 2.81. The van der Waals surface area contributed by atoms with Gasteiger partial charge in [0.25, 0.3) is 0 Å². The van der Waals surface area contributed by atoms with Gasteiger partial charge in [-0.2, -0.15) is 10.1 Å². The zero-order valence-electron chi connectivity index (χ0n) is 13.1. The maximum atomic E-state index is 13.2. The molecule has 0 aliphatic carbocycles. The highest BCUT2D eigenvalue weighted by molar-refractivity contribution is 5.92. The number of nitrogens with one attached hydrogen (secondary N) is 1. The fraction of sp³-hybridized carbons (Fsp3) is 0.312. The van der Waals surface area contributed by atoms with E-state index in [1.54, 1.807) is 37.6 Å². The molecule has 1 aliphatic rings. The van der Waals surface area contributed by atoms with Crippen molar-refractivity contribution in [2.45, 2.75) is 32.9 Å². The normalized spacial score (nSPS) is 17.0. The number of hydrogen-bond donors (Lipinski definition) is 1. The third-order valence-corrected chi connectivity index (χ3v) is 3.54. The van der Waals surface area contributed by atoms with Crippen LogP contribution in [0.5, 0.6) is 0 Å². The van der Waals surface area contributed by atoms with Crippen LogP contribution in [0.2, 0.25) is 0 Å². The van der Waals surface area contributed by atoms with Gasteiger partial charge in [0.15, 0.2) is 0 Å². The summed E-state index contributed by atoms with van der Waals surface area (Å²) in [6, 6.07) is 5.46. The minimum absolute atomic E-state index is 0.242. The Labute approximate surface area is 133 Å². The Morgan fingerprint density at radius 3 is 2.70 bits per heavy atom. The Morgan fingerprint density at radius 1 is 1.35 bits per heavy atom. The molecular formula is C16H17FN4O2. The van der Waals surface area contributed by atoms with E-state index in [1.807, 2.05) is 0 Å². The van der Waals surface area contributed by atoms with Crippen LogP contribution in [-0.4, -0.2) is 26.8 Å². The van der Waals surface area contributed by atoms with Crippen molar-refractivity contribution in [3.8, 4) is 0 Å². The van der Waals surface area contributed by atoms with Gasteiger partial charge in [-0.05, 0) is 38.5 Å². The summed E-state index contributed by atoms with van der Waals surface area (Å²) in [5, 5.41) is 7.24. The summed E-state index contributed by atoms with van der Waals surface area (Å²) in [5.74, 6) is -0.244. The number of ether oxygens (including phenoxy) is 1. The third-order valence-electron chi connectivity index (χ3n) is 3.54. The number of aromatic nitrogens is 3. The topological polar surface area (TPSA) is 69.0 Å². The predicted octanol–water partition coefficient (Wildman–Crippen LogP) is 2.66. The van der Waals surface area contributed by atoms with E-state index in [9.17, 15) is 9.18 Å². The first kappa shape index (κ1) is 15.2. The van der Waals surface area contributed by atoms with Gasteiger partial charge in [0.2, 0.25) is 5.95 Å². The molecule has 0 amide bonds. The molecule has 120 valence electrons. The second-order valence-corrected chi connectivity index (χ2v) is 5.60. The monoisotopic (exact) mass is 316 g/mol. The lowest BCUT2D eigenvalue weighted by Gasteiger charge is -2.28. The molecule has 2 heterocycles. The SMILES string of the molecule is CC1=C(C(=O)OC(C)C)[C@H](c2ccc(F)cc2)n2ncnc2N1. The highest BCUT2D eigenvalue weighted by Crippen LogP contribution is 2.35. The quantitative estimate of drug-likeness (QED) is 0.882. The number of rotatable bonds is 3. The molecule has 1 N–H and O–H groups in total. The fourth-order valence-electron chi connectivity index (χ4n) is 2.59. The number of allylic oxidation sites excluding steroid dienone is 1. The van der Waals surface area contributed by atoms with E-state index < -0.39 is 12.0 Å². The van der Waals surface area contributed by atoms with E-state index in [0.29, 0.717) is 17.2 Å². The summed E-state index contributed by atoms with van der Waals surface area (Å²) < 4.78 is 20.2. The van der Waals surface area contributed by atoms with Gasteiger partial charge in [0, 0.05) is 5.70 Å². The molecule has 3 rings (SSSR count). The largest absolute Gasteiger partial charge is 0.459 e. The Morgan fingerprint density at radius 2 is 2.04 bits per heavy atom. The van der Waals surface area contributed by atoms with Crippen molar-refractivity contribution in [1.29, 1.82) is 0 Å². The van der Waals surface area contributed by atoms with Crippen LogP contribution in [0, 0.1) is 5.82 Å². The Kier molecular flexibility index (Phi) is 3.85. The van der Waals surface area contributed by atoms with Crippen LogP contribution >= 0.6 is 0 Å². The summed E-state index contributed by atoms with van der Waals surface area (Å²) >= 11 is 0. The molecule has 1 aromatic heterocycles. The number of carbonyl (C=O) groups excluding carboxylic acids is 1. The van der Waals surface area contributed by atoms with Gasteiger partial charge in [-0.1, -0.05) is 12.1 Å². The average Bonchev–Trinajstić information content (AvgIpc) is 2.93. The molecular weight excluding hydrogens is 299 g/mol. The zero-order valence-corrected chi connectivity index (χ0v) is 13.1. The second-order valence-electron chi connectivity index (χ2n) is 5.60. The van der Waals surface area contributed by atoms with Crippen LogP contribution < -0.4 is 5.32 Å². The average molecular weight is 316 g/mol. The molecule has 23 heavy (non-hydrogen) atoms. The smallest absolute Gasteiger partial charge is 0.338 e. The standard InChI is InChI=1S/C16H17FN4O2/c1-9(2)23-15(22)13-10(3)20-16-18-8-19-21(16)14(13)11-4-6-12(17)7-5-11/h4-9,14H,1-3H3,(H,18,19,20)/t14-/m0/s1. The van der Waals surface area contributed by atoms with Crippen molar-refractivity contribution >= 4 is 11.9 Å². The highest BCUT2D eigenvalue weighted by Gasteiger charge is 2.34. The van der Waals surface area contributed by atoms with Gasteiger partial charge in [-0.3, -0.25) is 0 Å². The van der Waals surface area contributed by atoms with E-state index in [4.69, 9.17) is 4.74 Å². The van der Waals surface area contributed by atoms with E-state index in [1.165, 1.54) is 18.5 Å². The Hall–Kier alpha value is -2.70. The maximum Gasteiger partial charge on any atom is 0.338 e. The first-order valence-electron chi connectivity index (χ1n) is 7.31. The maximum absolute atomic E-state index is 13.2. The summed E-state index contributed by atoms with van der Waals surface area (Å²) in [6.07, 6.45) is 1.16. The first-order chi connectivity index (χ1) is 11.0. The number of hydrogen-bond acceptors (Lipinski definition) is 5. The second kappa shape index (κ2) is 5.83. The number of carbonyl (C=O) groups is 1. The summed E-state index contributed by atoms with van der Waals surface area (Å²) in [5.41, 5.74) is 1.81. The van der Waals surface area contributed by atoms with Crippen molar-refractivity contribution in [1.82, 2.24) is 14.8 Å². The highest BCUT2D eigenvalue weighted by atomic mass is 19.1. The number of nitrogens with zero attached hydrogens (tertiary/aromatic N) is 3. The number of esters is 1. The number of anilines is 1. The van der Waals surface area contributed by atoms with Crippen molar-refractivity contribution in [2.24, 2.45) is 0 Å². The Balaban J connectivity index is 2.10. The summed E-state index contributed by atoms with van der Waals surface area (Å²) in [6.45, 7) is 5.36. The van der Waals surface area contributed by atoms with E-state index in [-0.39, 0.29) is 11.9 Å². The number of benzene rings is 1. The predicted molar refractivity (Wildman–Crippen MR) is 82.1 cm³/mol. The molecule has 6 nitrogen and oxygen atoms in total. The molecule has 1 atom stereocenters. The Bertz CT molecular complexity index is 765. The van der Waals surface area contributed by atoms with Crippen molar-refractivity contribution < 1.29 is 13.9 Å². The van der Waals surface area contributed by atoms with Crippen LogP contribution in [0.1, 0.15) is 32.4 Å². The minimum atomic E-state index is -0.513. The summed E-state index contributed by atoms with van der Waals surface area (Å²) in [4.78, 5) is 16.7. The van der Waals surface area contributed by atoms with E-state index >= 15 is 0 Å². The lowest BCUT2D eigenvalue weighted by atomic mass is 9.96. The molecule has 0 unspecified atom stereocenters. The van der Waals surface area contributed by atoms with Gasteiger partial charge in [0.1, 0.15) is 18.2 Å². The molecule has 0 saturated carbocycles. The lowest BCUT2D eigenvalue weighted by molar-refractivity contribution is -0.143. The molecule has 0 bridgehead atoms. The molecule has 0 saturated heterocycles. The number of halogens is 1. The van der Waals surface area contributed by atoms with Gasteiger partial charge < -0.3 is 10.1 Å². The van der Waals surface area contributed by atoms with Crippen LogP contribution in [0.3, 0.4) is 0 Å². The van der Waals surface area contributed by atoms with Crippen molar-refractivity contribution in [2.75, 3.05) is 5.32 Å². The van der Waals surface area contributed by atoms with Crippen molar-refractivity contribution in [3.63, 3.8) is 0 Å².